The fourth-order valence-corrected chi connectivity index (χ4v) is 2.34. The largest absolute Gasteiger partial charge is 0.371 e. The summed E-state index contributed by atoms with van der Waals surface area (Å²) in [6.07, 6.45) is 0. The van der Waals surface area contributed by atoms with Gasteiger partial charge in [0.05, 0.1) is 0 Å². The van der Waals surface area contributed by atoms with E-state index in [4.69, 9.17) is 0 Å². The molecule has 1 aromatic rings. The van der Waals surface area contributed by atoms with Crippen molar-refractivity contribution >= 4 is 5.69 Å². The predicted molar refractivity (Wildman–Crippen MR) is 86.0 cm³/mol. The number of hydrogen-bond acceptors (Lipinski definition) is 2. The molecule has 0 aliphatic heterocycles. The monoisotopic (exact) mass is 262 g/mol. The van der Waals surface area contributed by atoms with Crippen LogP contribution in [0.2, 0.25) is 0 Å². The molecule has 0 fully saturated rings. The van der Waals surface area contributed by atoms with Gasteiger partial charge in [-0.3, -0.25) is 0 Å². The summed E-state index contributed by atoms with van der Waals surface area (Å²) in [6, 6.07) is 9.21. The lowest BCUT2D eigenvalue weighted by molar-refractivity contribution is 0.330. The van der Waals surface area contributed by atoms with Crippen LogP contribution in [0.3, 0.4) is 0 Å². The van der Waals surface area contributed by atoms with E-state index >= 15 is 0 Å². The molecule has 2 heteroatoms. The molecule has 1 rings (SSSR count). The molecule has 1 N–H and O–H groups in total. The molecule has 108 valence electrons. The second-order valence-electron chi connectivity index (χ2n) is 6.50. The molecular weight excluding hydrogens is 232 g/mol. The molecule has 1 aromatic carbocycles. The molecule has 0 atom stereocenters. The Balaban J connectivity index is 2.74. The fourth-order valence-electron chi connectivity index (χ4n) is 2.34. The van der Waals surface area contributed by atoms with Gasteiger partial charge in [-0.15, -0.1) is 0 Å². The van der Waals surface area contributed by atoms with Crippen LogP contribution in [0.15, 0.2) is 24.3 Å². The molecule has 19 heavy (non-hydrogen) atoms. The molecule has 0 bridgehead atoms. The van der Waals surface area contributed by atoms with Gasteiger partial charge in [0.2, 0.25) is 0 Å². The Morgan fingerprint density at radius 3 is 2.37 bits per heavy atom. The van der Waals surface area contributed by atoms with Crippen molar-refractivity contribution in [3.63, 3.8) is 0 Å². The van der Waals surface area contributed by atoms with Gasteiger partial charge in [-0.25, -0.2) is 0 Å². The summed E-state index contributed by atoms with van der Waals surface area (Å²) in [4.78, 5) is 2.48. The number of benzene rings is 1. The predicted octanol–water partition coefficient (Wildman–Crippen LogP) is 3.85. The molecule has 0 saturated carbocycles. The van der Waals surface area contributed by atoms with Gasteiger partial charge < -0.3 is 10.2 Å². The number of nitrogens with one attached hydrogen (secondary N) is 1. The Labute approximate surface area is 119 Å². The standard InChI is InChI=1S/C17H30N2/c1-7-19(16-11-9-8-10-15(16)4)13-17(5,6)12-18-14(2)3/h8-11,14,18H,7,12-13H2,1-6H3. The summed E-state index contributed by atoms with van der Waals surface area (Å²) >= 11 is 0. The highest BCUT2D eigenvalue weighted by Crippen LogP contribution is 2.24. The van der Waals surface area contributed by atoms with Crippen molar-refractivity contribution < 1.29 is 0 Å². The van der Waals surface area contributed by atoms with E-state index in [1.165, 1.54) is 11.3 Å². The number of aryl methyl sites for hydroxylation is 1. The van der Waals surface area contributed by atoms with Gasteiger partial charge >= 0.3 is 0 Å². The lowest BCUT2D eigenvalue weighted by Crippen LogP contribution is -2.42. The minimum absolute atomic E-state index is 0.266. The van der Waals surface area contributed by atoms with Crippen LogP contribution >= 0.6 is 0 Å². The zero-order chi connectivity index (χ0) is 14.5. The first kappa shape index (κ1) is 16.0. The SMILES string of the molecule is CCN(CC(C)(C)CNC(C)C)c1ccccc1C. The average Bonchev–Trinajstić information content (AvgIpc) is 2.35. The minimum Gasteiger partial charge on any atom is -0.371 e. The molecule has 0 aromatic heterocycles. The zero-order valence-electron chi connectivity index (χ0n) is 13.5. The Morgan fingerprint density at radius 1 is 1.21 bits per heavy atom. The quantitative estimate of drug-likeness (QED) is 0.803. The van der Waals surface area contributed by atoms with E-state index in [0.717, 1.165) is 19.6 Å². The van der Waals surface area contributed by atoms with E-state index in [1.807, 2.05) is 0 Å². The topological polar surface area (TPSA) is 15.3 Å². The Morgan fingerprint density at radius 2 is 1.84 bits per heavy atom. The van der Waals surface area contributed by atoms with Gasteiger partial charge in [0.15, 0.2) is 0 Å². The van der Waals surface area contributed by atoms with Crippen LogP contribution < -0.4 is 10.2 Å². The molecule has 0 amide bonds. The van der Waals surface area contributed by atoms with E-state index in [-0.39, 0.29) is 5.41 Å². The zero-order valence-corrected chi connectivity index (χ0v) is 13.5. The molecule has 0 saturated heterocycles. The number of nitrogens with zero attached hydrogens (tertiary/aromatic N) is 1. The van der Waals surface area contributed by atoms with Gasteiger partial charge in [-0.2, -0.15) is 0 Å². The van der Waals surface area contributed by atoms with Crippen LogP contribution in [-0.2, 0) is 0 Å². The van der Waals surface area contributed by atoms with Crippen LogP contribution in [-0.4, -0.2) is 25.7 Å². The molecule has 2 nitrogen and oxygen atoms in total. The lowest BCUT2D eigenvalue weighted by atomic mass is 9.91. The van der Waals surface area contributed by atoms with Crippen molar-refractivity contribution in [1.29, 1.82) is 0 Å². The summed E-state index contributed by atoms with van der Waals surface area (Å²) < 4.78 is 0. The van der Waals surface area contributed by atoms with Crippen molar-refractivity contribution in [1.82, 2.24) is 5.32 Å². The summed E-state index contributed by atoms with van der Waals surface area (Å²) in [6.45, 7) is 16.7. The summed E-state index contributed by atoms with van der Waals surface area (Å²) in [7, 11) is 0. The van der Waals surface area contributed by atoms with Crippen LogP contribution in [0, 0.1) is 12.3 Å². The van der Waals surface area contributed by atoms with Crippen LogP contribution in [0.25, 0.3) is 0 Å². The first-order chi connectivity index (χ1) is 8.85. The maximum absolute atomic E-state index is 3.55. The number of rotatable bonds is 7. The van der Waals surface area contributed by atoms with Crippen molar-refractivity contribution in [2.24, 2.45) is 5.41 Å². The maximum atomic E-state index is 3.55. The molecule has 0 aliphatic carbocycles. The third-order valence-corrected chi connectivity index (χ3v) is 3.45. The van der Waals surface area contributed by atoms with Crippen molar-refractivity contribution in [3.8, 4) is 0 Å². The van der Waals surface area contributed by atoms with E-state index in [1.54, 1.807) is 0 Å². The highest BCUT2D eigenvalue weighted by molar-refractivity contribution is 5.53. The second kappa shape index (κ2) is 6.95. The first-order valence-corrected chi connectivity index (χ1v) is 7.39. The molecular formula is C17H30N2. The second-order valence-corrected chi connectivity index (χ2v) is 6.50. The van der Waals surface area contributed by atoms with Crippen LogP contribution in [0.5, 0.6) is 0 Å². The Kier molecular flexibility index (Phi) is 5.86. The third kappa shape index (κ3) is 5.23. The summed E-state index contributed by atoms with van der Waals surface area (Å²) in [5, 5.41) is 3.55. The summed E-state index contributed by atoms with van der Waals surface area (Å²) in [5.41, 5.74) is 2.99. The van der Waals surface area contributed by atoms with Crippen molar-refractivity contribution in [2.75, 3.05) is 24.5 Å². The van der Waals surface area contributed by atoms with E-state index in [2.05, 4.69) is 76.0 Å². The van der Waals surface area contributed by atoms with Gasteiger partial charge in [0.25, 0.3) is 0 Å². The number of para-hydroxylation sites is 1. The summed E-state index contributed by atoms with van der Waals surface area (Å²) in [5.74, 6) is 0. The van der Waals surface area contributed by atoms with Crippen LogP contribution in [0.4, 0.5) is 5.69 Å². The highest BCUT2D eigenvalue weighted by Gasteiger charge is 2.22. The van der Waals surface area contributed by atoms with Gasteiger partial charge in [0, 0.05) is 31.4 Å². The molecule has 0 radical (unpaired) electrons. The van der Waals surface area contributed by atoms with E-state index < -0.39 is 0 Å². The lowest BCUT2D eigenvalue weighted by Gasteiger charge is -2.35. The number of hydrogen-bond donors (Lipinski definition) is 1. The van der Waals surface area contributed by atoms with Crippen LogP contribution in [0.1, 0.15) is 40.2 Å². The fraction of sp³-hybridized carbons (Fsp3) is 0.647. The Hall–Kier alpha value is -1.02. The van der Waals surface area contributed by atoms with Gasteiger partial charge in [-0.1, -0.05) is 45.9 Å². The maximum Gasteiger partial charge on any atom is 0.0396 e. The third-order valence-electron chi connectivity index (χ3n) is 3.45. The molecule has 0 aliphatic rings. The average molecular weight is 262 g/mol. The van der Waals surface area contributed by atoms with Crippen molar-refractivity contribution in [3.05, 3.63) is 29.8 Å². The van der Waals surface area contributed by atoms with Gasteiger partial charge in [-0.05, 0) is 30.9 Å². The van der Waals surface area contributed by atoms with E-state index in [0.29, 0.717) is 6.04 Å². The number of anilines is 1. The highest BCUT2D eigenvalue weighted by atomic mass is 15.1. The molecule has 0 unspecified atom stereocenters. The molecule has 0 spiro atoms. The first-order valence-electron chi connectivity index (χ1n) is 7.39. The minimum atomic E-state index is 0.266. The smallest absolute Gasteiger partial charge is 0.0396 e. The van der Waals surface area contributed by atoms with E-state index in [9.17, 15) is 0 Å². The Bertz CT molecular complexity index is 383. The van der Waals surface area contributed by atoms with Gasteiger partial charge in [0.1, 0.15) is 0 Å². The normalized spacial score (nSPS) is 11.9. The molecule has 0 heterocycles. The van der Waals surface area contributed by atoms with Crippen molar-refractivity contribution in [2.45, 2.75) is 47.6 Å².